The van der Waals surface area contributed by atoms with Gasteiger partial charge in [0.05, 0.1) is 13.5 Å². The van der Waals surface area contributed by atoms with Crippen molar-refractivity contribution in [3.8, 4) is 0 Å². The predicted molar refractivity (Wildman–Crippen MR) is 66.3 cm³/mol. The number of carbonyl (C=O) groups is 3. The van der Waals surface area contributed by atoms with Crippen molar-refractivity contribution in [2.45, 2.75) is 19.8 Å². The van der Waals surface area contributed by atoms with Crippen LogP contribution in [0, 0.1) is 0 Å². The molecule has 0 heterocycles. The summed E-state index contributed by atoms with van der Waals surface area (Å²) in [5.41, 5.74) is 1.07. The number of esters is 1. The number of nitrogens with one attached hydrogen (secondary N) is 1. The summed E-state index contributed by atoms with van der Waals surface area (Å²) in [4.78, 5) is 33.5. The first kappa shape index (κ1) is 13.9. The minimum atomic E-state index is -0.428. The number of ether oxygens (including phenoxy) is 1. The van der Waals surface area contributed by atoms with Crippen LogP contribution in [-0.4, -0.2) is 24.8 Å². The van der Waals surface area contributed by atoms with Gasteiger partial charge in [-0.1, -0.05) is 12.1 Å². The molecule has 0 aliphatic rings. The molecule has 1 N–H and O–H groups in total. The van der Waals surface area contributed by atoms with E-state index in [2.05, 4.69) is 10.1 Å². The Balaban J connectivity index is 2.56. The van der Waals surface area contributed by atoms with Gasteiger partial charge >= 0.3 is 5.97 Å². The molecule has 0 atom stereocenters. The number of methoxy groups -OCH3 is 1. The maximum Gasteiger partial charge on any atom is 0.306 e. The number of anilines is 1. The van der Waals surface area contributed by atoms with Gasteiger partial charge in [-0.05, 0) is 19.1 Å². The second-order valence-corrected chi connectivity index (χ2v) is 3.76. The first-order valence-corrected chi connectivity index (χ1v) is 5.50. The van der Waals surface area contributed by atoms with E-state index in [1.807, 2.05) is 0 Å². The molecule has 0 aliphatic carbocycles. The molecule has 1 rings (SSSR count). The lowest BCUT2D eigenvalue weighted by Crippen LogP contribution is -2.14. The van der Waals surface area contributed by atoms with Gasteiger partial charge < -0.3 is 10.1 Å². The molecule has 0 radical (unpaired) electrons. The fourth-order valence-corrected chi connectivity index (χ4v) is 1.36. The molecule has 0 unspecified atom stereocenters. The van der Waals surface area contributed by atoms with Crippen molar-refractivity contribution in [3.63, 3.8) is 0 Å². The average molecular weight is 249 g/mol. The lowest BCUT2D eigenvalue weighted by Gasteiger charge is -2.05. The fraction of sp³-hybridized carbons (Fsp3) is 0.308. The van der Waals surface area contributed by atoms with Crippen molar-refractivity contribution in [1.29, 1.82) is 0 Å². The fourth-order valence-electron chi connectivity index (χ4n) is 1.36. The van der Waals surface area contributed by atoms with E-state index in [1.165, 1.54) is 14.0 Å². The molecule has 1 amide bonds. The van der Waals surface area contributed by atoms with Crippen LogP contribution >= 0.6 is 0 Å². The first-order chi connectivity index (χ1) is 8.52. The highest BCUT2D eigenvalue weighted by Crippen LogP contribution is 2.11. The highest BCUT2D eigenvalue weighted by Gasteiger charge is 2.08. The van der Waals surface area contributed by atoms with Gasteiger partial charge in [-0.25, -0.2) is 0 Å². The third kappa shape index (κ3) is 4.37. The van der Waals surface area contributed by atoms with Crippen LogP contribution in [0.2, 0.25) is 0 Å². The van der Waals surface area contributed by atoms with E-state index in [4.69, 9.17) is 0 Å². The van der Waals surface area contributed by atoms with E-state index in [0.717, 1.165) is 0 Å². The Hall–Kier alpha value is -2.17. The summed E-state index contributed by atoms with van der Waals surface area (Å²) < 4.78 is 4.44. The molecule has 96 valence electrons. The predicted octanol–water partition coefficient (Wildman–Crippen LogP) is 1.78. The SMILES string of the molecule is COC(=O)CCC(=O)Nc1cccc(C(C)=O)c1. The molecule has 0 bridgehead atoms. The van der Waals surface area contributed by atoms with Crippen molar-refractivity contribution < 1.29 is 19.1 Å². The van der Waals surface area contributed by atoms with Gasteiger partial charge in [0.1, 0.15) is 0 Å². The number of carbonyl (C=O) groups excluding carboxylic acids is 3. The van der Waals surface area contributed by atoms with Gasteiger partial charge in [0.2, 0.25) is 5.91 Å². The van der Waals surface area contributed by atoms with Crippen LogP contribution in [0.4, 0.5) is 5.69 Å². The Morgan fingerprint density at radius 1 is 1.22 bits per heavy atom. The zero-order chi connectivity index (χ0) is 13.5. The maximum absolute atomic E-state index is 11.5. The molecule has 5 nitrogen and oxygen atoms in total. The summed E-state index contributed by atoms with van der Waals surface area (Å²) in [5, 5.41) is 2.62. The van der Waals surface area contributed by atoms with Gasteiger partial charge in [-0.15, -0.1) is 0 Å². The minimum absolute atomic E-state index is 0.0364. The zero-order valence-corrected chi connectivity index (χ0v) is 10.4. The molecule has 0 spiro atoms. The van der Waals surface area contributed by atoms with Gasteiger partial charge in [-0.3, -0.25) is 14.4 Å². The van der Waals surface area contributed by atoms with Gasteiger partial charge in [0.15, 0.2) is 5.78 Å². The molecule has 0 aliphatic heterocycles. The Labute approximate surface area is 105 Å². The van der Waals surface area contributed by atoms with E-state index >= 15 is 0 Å². The average Bonchev–Trinajstić information content (AvgIpc) is 2.36. The van der Waals surface area contributed by atoms with Crippen LogP contribution in [0.25, 0.3) is 0 Å². The Morgan fingerprint density at radius 3 is 2.56 bits per heavy atom. The molecule has 18 heavy (non-hydrogen) atoms. The van der Waals surface area contributed by atoms with E-state index in [1.54, 1.807) is 24.3 Å². The monoisotopic (exact) mass is 249 g/mol. The van der Waals surface area contributed by atoms with E-state index < -0.39 is 5.97 Å². The van der Waals surface area contributed by atoms with E-state index in [9.17, 15) is 14.4 Å². The van der Waals surface area contributed by atoms with Gasteiger partial charge in [-0.2, -0.15) is 0 Å². The standard InChI is InChI=1S/C13H15NO4/c1-9(15)10-4-3-5-11(8-10)14-12(16)6-7-13(17)18-2/h3-5,8H,6-7H2,1-2H3,(H,14,16). The van der Waals surface area contributed by atoms with Gasteiger partial charge in [0, 0.05) is 17.7 Å². The molecule has 5 heteroatoms. The second-order valence-electron chi connectivity index (χ2n) is 3.76. The Morgan fingerprint density at radius 2 is 1.94 bits per heavy atom. The van der Waals surface area contributed by atoms with Crippen molar-refractivity contribution in [2.75, 3.05) is 12.4 Å². The highest BCUT2D eigenvalue weighted by molar-refractivity contribution is 5.97. The van der Waals surface area contributed by atoms with Crippen LogP contribution in [-0.2, 0) is 14.3 Å². The number of hydrogen-bond acceptors (Lipinski definition) is 4. The number of hydrogen-bond donors (Lipinski definition) is 1. The van der Waals surface area contributed by atoms with E-state index in [-0.39, 0.29) is 24.5 Å². The van der Waals surface area contributed by atoms with Crippen LogP contribution in [0.3, 0.4) is 0 Å². The first-order valence-electron chi connectivity index (χ1n) is 5.50. The summed E-state index contributed by atoms with van der Waals surface area (Å²) in [6.45, 7) is 1.46. The third-order valence-corrected chi connectivity index (χ3v) is 2.34. The Bertz CT molecular complexity index is 468. The molecular weight excluding hydrogens is 234 g/mol. The zero-order valence-electron chi connectivity index (χ0n) is 10.4. The van der Waals surface area contributed by atoms with Crippen molar-refractivity contribution >= 4 is 23.3 Å². The van der Waals surface area contributed by atoms with Crippen molar-refractivity contribution in [2.24, 2.45) is 0 Å². The third-order valence-electron chi connectivity index (χ3n) is 2.34. The normalized spacial score (nSPS) is 9.67. The van der Waals surface area contributed by atoms with Crippen molar-refractivity contribution in [3.05, 3.63) is 29.8 Å². The number of Topliss-reactive ketones (excluding diaryl/α,β-unsaturated/α-hetero) is 1. The van der Waals surface area contributed by atoms with E-state index in [0.29, 0.717) is 11.3 Å². The van der Waals surface area contributed by atoms with Crippen LogP contribution in [0.1, 0.15) is 30.1 Å². The molecule has 0 saturated heterocycles. The molecule has 0 saturated carbocycles. The highest BCUT2D eigenvalue weighted by atomic mass is 16.5. The number of ketones is 1. The summed E-state index contributed by atoms with van der Waals surface area (Å²) >= 11 is 0. The summed E-state index contributed by atoms with van der Waals surface area (Å²) in [5.74, 6) is -0.788. The summed E-state index contributed by atoms with van der Waals surface area (Å²) in [7, 11) is 1.27. The van der Waals surface area contributed by atoms with Gasteiger partial charge in [0.25, 0.3) is 0 Å². The topological polar surface area (TPSA) is 72.5 Å². The molecule has 1 aromatic rings. The largest absolute Gasteiger partial charge is 0.469 e. The maximum atomic E-state index is 11.5. The quantitative estimate of drug-likeness (QED) is 0.637. The van der Waals surface area contributed by atoms with Crippen LogP contribution < -0.4 is 5.32 Å². The smallest absolute Gasteiger partial charge is 0.306 e. The number of amides is 1. The van der Waals surface area contributed by atoms with Crippen LogP contribution in [0.5, 0.6) is 0 Å². The molecule has 0 fully saturated rings. The lowest BCUT2D eigenvalue weighted by atomic mass is 10.1. The Kier molecular flexibility index (Phi) is 5.05. The minimum Gasteiger partial charge on any atom is -0.469 e. The van der Waals surface area contributed by atoms with Crippen LogP contribution in [0.15, 0.2) is 24.3 Å². The van der Waals surface area contributed by atoms with Crippen molar-refractivity contribution in [1.82, 2.24) is 0 Å². The molecular formula is C13H15NO4. The summed E-state index contributed by atoms with van der Waals surface area (Å²) in [6.07, 6.45) is 0.0890. The molecule has 0 aromatic heterocycles. The summed E-state index contributed by atoms with van der Waals surface area (Å²) in [6, 6.07) is 6.64. The number of benzene rings is 1. The number of rotatable bonds is 5. The molecule has 1 aromatic carbocycles. The lowest BCUT2D eigenvalue weighted by molar-refractivity contribution is -0.141. The second kappa shape index (κ2) is 6.54.